The summed E-state index contributed by atoms with van der Waals surface area (Å²) in [6.07, 6.45) is 3.08. The number of nitrogens with zero attached hydrogens (tertiary/aromatic N) is 1. The van der Waals surface area contributed by atoms with E-state index in [9.17, 15) is 4.79 Å². The monoisotopic (exact) mass is 196 g/mol. The van der Waals surface area contributed by atoms with Crippen LogP contribution in [0.25, 0.3) is 0 Å². The van der Waals surface area contributed by atoms with Crippen molar-refractivity contribution in [1.29, 1.82) is 0 Å². The molecule has 2 aliphatic rings. The number of hydrogen-bond acceptors (Lipinski definition) is 2. The number of nitrogens with one attached hydrogen (secondary N) is 1. The second kappa shape index (κ2) is 4.30. The van der Waals surface area contributed by atoms with Gasteiger partial charge in [-0.1, -0.05) is 6.92 Å². The zero-order valence-corrected chi connectivity index (χ0v) is 8.96. The fraction of sp³-hybridized carbons (Fsp3) is 0.909. The van der Waals surface area contributed by atoms with E-state index >= 15 is 0 Å². The van der Waals surface area contributed by atoms with Crippen molar-refractivity contribution in [1.82, 2.24) is 10.2 Å². The van der Waals surface area contributed by atoms with E-state index in [0.29, 0.717) is 17.7 Å². The number of piperidine rings is 1. The molecule has 2 atom stereocenters. The Kier molecular flexibility index (Phi) is 3.06. The van der Waals surface area contributed by atoms with Gasteiger partial charge < -0.3 is 10.2 Å². The predicted octanol–water partition coefficient (Wildman–Crippen LogP) is 0.854. The number of hydrogen-bond donors (Lipinski definition) is 1. The minimum Gasteiger partial charge on any atom is -0.342 e. The van der Waals surface area contributed by atoms with Gasteiger partial charge in [0.25, 0.3) is 0 Å². The lowest BCUT2D eigenvalue weighted by Gasteiger charge is -2.32. The molecule has 0 aromatic rings. The highest BCUT2D eigenvalue weighted by molar-refractivity contribution is 5.76. The van der Waals surface area contributed by atoms with Crippen LogP contribution in [0.4, 0.5) is 0 Å². The first kappa shape index (κ1) is 9.97. The number of carbonyl (C=O) groups is 1. The van der Waals surface area contributed by atoms with E-state index in [2.05, 4.69) is 17.1 Å². The van der Waals surface area contributed by atoms with Gasteiger partial charge in [0.1, 0.15) is 0 Å². The SMILES string of the molecule is CC1CCC(=O)N(CC2CCNC2)C1. The van der Waals surface area contributed by atoms with Crippen molar-refractivity contribution in [2.24, 2.45) is 11.8 Å². The Hall–Kier alpha value is -0.570. The molecule has 0 aromatic carbocycles. The molecule has 1 amide bonds. The van der Waals surface area contributed by atoms with E-state index in [1.807, 2.05) is 0 Å². The minimum absolute atomic E-state index is 0.370. The molecule has 2 rings (SSSR count). The first-order valence-electron chi connectivity index (χ1n) is 5.74. The second-order valence-corrected chi connectivity index (χ2v) is 4.80. The lowest BCUT2D eigenvalue weighted by atomic mass is 9.98. The molecule has 80 valence electrons. The number of amides is 1. The summed E-state index contributed by atoms with van der Waals surface area (Å²) < 4.78 is 0. The van der Waals surface area contributed by atoms with Gasteiger partial charge >= 0.3 is 0 Å². The van der Waals surface area contributed by atoms with E-state index in [1.54, 1.807) is 0 Å². The standard InChI is InChI=1S/C11H20N2O/c1-9-2-3-11(14)13(7-9)8-10-4-5-12-6-10/h9-10,12H,2-8H2,1H3. The van der Waals surface area contributed by atoms with Gasteiger partial charge in [-0.15, -0.1) is 0 Å². The van der Waals surface area contributed by atoms with Crippen molar-refractivity contribution in [2.75, 3.05) is 26.2 Å². The Balaban J connectivity index is 1.85. The lowest BCUT2D eigenvalue weighted by Crippen LogP contribution is -2.42. The van der Waals surface area contributed by atoms with Crippen LogP contribution in [0.2, 0.25) is 0 Å². The molecule has 0 saturated carbocycles. The molecule has 2 heterocycles. The van der Waals surface area contributed by atoms with Gasteiger partial charge in [-0.25, -0.2) is 0 Å². The molecule has 1 N–H and O–H groups in total. The maximum Gasteiger partial charge on any atom is 0.222 e. The lowest BCUT2D eigenvalue weighted by molar-refractivity contribution is -0.135. The quantitative estimate of drug-likeness (QED) is 0.710. The second-order valence-electron chi connectivity index (χ2n) is 4.80. The van der Waals surface area contributed by atoms with Crippen molar-refractivity contribution < 1.29 is 4.79 Å². The highest BCUT2D eigenvalue weighted by atomic mass is 16.2. The molecule has 2 aliphatic heterocycles. The molecule has 0 radical (unpaired) electrons. The normalized spacial score (nSPS) is 33.8. The molecule has 0 spiro atoms. The molecule has 0 aromatic heterocycles. The highest BCUT2D eigenvalue weighted by Gasteiger charge is 2.26. The van der Waals surface area contributed by atoms with Crippen LogP contribution in [-0.2, 0) is 4.79 Å². The average Bonchev–Trinajstić information content (AvgIpc) is 2.64. The highest BCUT2D eigenvalue weighted by Crippen LogP contribution is 2.19. The predicted molar refractivity (Wildman–Crippen MR) is 56.0 cm³/mol. The van der Waals surface area contributed by atoms with Crippen molar-refractivity contribution in [2.45, 2.75) is 26.2 Å². The van der Waals surface area contributed by atoms with Crippen LogP contribution in [-0.4, -0.2) is 37.0 Å². The molecule has 3 heteroatoms. The van der Waals surface area contributed by atoms with E-state index in [4.69, 9.17) is 0 Å². The van der Waals surface area contributed by atoms with E-state index in [-0.39, 0.29) is 0 Å². The first-order valence-corrected chi connectivity index (χ1v) is 5.74. The van der Waals surface area contributed by atoms with Crippen LogP contribution >= 0.6 is 0 Å². The van der Waals surface area contributed by atoms with Gasteiger partial charge in [0, 0.05) is 19.5 Å². The maximum absolute atomic E-state index is 11.6. The summed E-state index contributed by atoms with van der Waals surface area (Å²) in [7, 11) is 0. The van der Waals surface area contributed by atoms with E-state index in [0.717, 1.165) is 39.0 Å². The largest absolute Gasteiger partial charge is 0.342 e. The fourth-order valence-electron chi connectivity index (χ4n) is 2.46. The van der Waals surface area contributed by atoms with Gasteiger partial charge in [-0.05, 0) is 37.8 Å². The topological polar surface area (TPSA) is 32.3 Å². The third-order valence-corrected chi connectivity index (χ3v) is 3.38. The molecule has 14 heavy (non-hydrogen) atoms. The minimum atomic E-state index is 0.370. The van der Waals surface area contributed by atoms with E-state index < -0.39 is 0 Å². The third kappa shape index (κ3) is 2.27. The Bertz CT molecular complexity index is 211. The molecule has 0 aliphatic carbocycles. The van der Waals surface area contributed by atoms with Crippen molar-refractivity contribution in [3.05, 3.63) is 0 Å². The fourth-order valence-corrected chi connectivity index (χ4v) is 2.46. The maximum atomic E-state index is 11.6. The van der Waals surface area contributed by atoms with Gasteiger partial charge in [0.05, 0.1) is 0 Å². The van der Waals surface area contributed by atoms with Crippen molar-refractivity contribution >= 4 is 5.91 Å². The summed E-state index contributed by atoms with van der Waals surface area (Å²) in [6, 6.07) is 0. The van der Waals surface area contributed by atoms with Gasteiger partial charge in [-0.2, -0.15) is 0 Å². The number of rotatable bonds is 2. The van der Waals surface area contributed by atoms with Crippen molar-refractivity contribution in [3.63, 3.8) is 0 Å². The molecular weight excluding hydrogens is 176 g/mol. The van der Waals surface area contributed by atoms with Gasteiger partial charge in [0.2, 0.25) is 5.91 Å². The zero-order valence-electron chi connectivity index (χ0n) is 8.96. The number of carbonyl (C=O) groups excluding carboxylic acids is 1. The van der Waals surface area contributed by atoms with Crippen LogP contribution in [0.1, 0.15) is 26.2 Å². The van der Waals surface area contributed by atoms with Crippen LogP contribution in [0.15, 0.2) is 0 Å². The zero-order chi connectivity index (χ0) is 9.97. The van der Waals surface area contributed by atoms with Crippen LogP contribution in [0.5, 0.6) is 0 Å². The Morgan fingerprint density at radius 2 is 2.36 bits per heavy atom. The molecule has 2 fully saturated rings. The van der Waals surface area contributed by atoms with Gasteiger partial charge in [0.15, 0.2) is 0 Å². The third-order valence-electron chi connectivity index (χ3n) is 3.38. The van der Waals surface area contributed by atoms with Crippen LogP contribution < -0.4 is 5.32 Å². The summed E-state index contributed by atoms with van der Waals surface area (Å²) in [5.74, 6) is 1.77. The van der Waals surface area contributed by atoms with E-state index in [1.165, 1.54) is 6.42 Å². The summed E-state index contributed by atoms with van der Waals surface area (Å²) in [6.45, 7) is 6.43. The Labute approximate surface area is 85.8 Å². The molecule has 2 saturated heterocycles. The molecule has 3 nitrogen and oxygen atoms in total. The summed E-state index contributed by atoms with van der Waals surface area (Å²) in [5, 5.41) is 3.35. The smallest absolute Gasteiger partial charge is 0.222 e. The van der Waals surface area contributed by atoms with Gasteiger partial charge in [-0.3, -0.25) is 4.79 Å². The average molecular weight is 196 g/mol. The first-order chi connectivity index (χ1) is 6.75. The number of likely N-dealkylation sites (tertiary alicyclic amines) is 1. The Morgan fingerprint density at radius 1 is 1.50 bits per heavy atom. The van der Waals surface area contributed by atoms with Crippen LogP contribution in [0.3, 0.4) is 0 Å². The molecule has 0 bridgehead atoms. The summed E-state index contributed by atoms with van der Waals surface area (Å²) in [5.41, 5.74) is 0. The molecule has 2 unspecified atom stereocenters. The summed E-state index contributed by atoms with van der Waals surface area (Å²) >= 11 is 0. The van der Waals surface area contributed by atoms with Crippen molar-refractivity contribution in [3.8, 4) is 0 Å². The van der Waals surface area contributed by atoms with Crippen LogP contribution in [0, 0.1) is 11.8 Å². The Morgan fingerprint density at radius 3 is 3.07 bits per heavy atom. The summed E-state index contributed by atoms with van der Waals surface area (Å²) in [4.78, 5) is 13.7. The molecular formula is C11H20N2O.